The van der Waals surface area contributed by atoms with E-state index in [9.17, 15) is 22.8 Å². The van der Waals surface area contributed by atoms with Crippen molar-refractivity contribution in [2.45, 2.75) is 38.8 Å². The smallest absolute Gasteiger partial charge is 0.299 e. The molecule has 2 nitrogen and oxygen atoms in total. The highest BCUT2D eigenvalue weighted by Gasteiger charge is 2.30. The van der Waals surface area contributed by atoms with Crippen LogP contribution in [0.25, 0.3) is 12.2 Å². The van der Waals surface area contributed by atoms with E-state index < -0.39 is 11.7 Å². The number of hydrogen-bond donors (Lipinski definition) is 0. The lowest BCUT2D eigenvalue weighted by molar-refractivity contribution is -0.137. The van der Waals surface area contributed by atoms with Crippen molar-refractivity contribution in [3.8, 4) is 0 Å². The highest BCUT2D eigenvalue weighted by molar-refractivity contribution is 5.84. The molecule has 0 aliphatic heterocycles. The van der Waals surface area contributed by atoms with Gasteiger partial charge in [-0.15, -0.1) is 0 Å². The van der Waals surface area contributed by atoms with Gasteiger partial charge in [-0.1, -0.05) is 90.5 Å². The summed E-state index contributed by atoms with van der Waals surface area (Å²) in [5.74, 6) is 0.0656. The van der Waals surface area contributed by atoms with Gasteiger partial charge in [0.25, 0.3) is 0 Å². The lowest BCUT2D eigenvalue weighted by Gasteiger charge is -2.06. The molecule has 0 atom stereocenters. The lowest BCUT2D eigenvalue weighted by Crippen LogP contribution is -2.04. The van der Waals surface area contributed by atoms with E-state index in [4.69, 9.17) is 0 Å². The van der Waals surface area contributed by atoms with E-state index in [1.54, 1.807) is 12.1 Å². The summed E-state index contributed by atoms with van der Waals surface area (Å²) in [5, 5.41) is 0. The molecule has 180 valence electrons. The summed E-state index contributed by atoms with van der Waals surface area (Å²) in [6, 6.07) is 20.4. The third kappa shape index (κ3) is 8.85. The van der Waals surface area contributed by atoms with Gasteiger partial charge in [-0.25, -0.2) is 0 Å². The van der Waals surface area contributed by atoms with Gasteiger partial charge in [0.05, 0.1) is 5.56 Å². The normalized spacial score (nSPS) is 11.9. The first-order chi connectivity index (χ1) is 16.7. The largest absolute Gasteiger partial charge is 0.416 e. The van der Waals surface area contributed by atoms with Crippen LogP contribution in [0.5, 0.6) is 0 Å². The van der Waals surface area contributed by atoms with E-state index in [0.717, 1.165) is 28.8 Å². The molecule has 0 saturated carbocycles. The van der Waals surface area contributed by atoms with Crippen LogP contribution in [0, 0.1) is 6.92 Å². The number of aryl methyl sites for hydroxylation is 1. The molecule has 3 rings (SSSR count). The van der Waals surface area contributed by atoms with Crippen molar-refractivity contribution in [3.63, 3.8) is 0 Å². The predicted octanol–water partition coefficient (Wildman–Crippen LogP) is 7.44. The summed E-state index contributed by atoms with van der Waals surface area (Å²) >= 11 is 0. The number of carbonyl (C=O) groups excluding carboxylic acids is 2. The fraction of sp³-hybridized carbons (Fsp3) is 0.200. The van der Waals surface area contributed by atoms with Crippen molar-refractivity contribution in [3.05, 3.63) is 118 Å². The number of carbonyl (C=O) groups is 2. The number of rotatable bonds is 10. The molecular formula is C30H27F3O2. The van der Waals surface area contributed by atoms with Gasteiger partial charge in [0, 0.05) is 25.7 Å². The Balaban J connectivity index is 1.45. The average Bonchev–Trinajstić information content (AvgIpc) is 2.80. The Bertz CT molecular complexity index is 1220. The van der Waals surface area contributed by atoms with Crippen LogP contribution in [0.4, 0.5) is 13.2 Å². The summed E-state index contributed by atoms with van der Waals surface area (Å²) in [4.78, 5) is 24.5. The van der Waals surface area contributed by atoms with Crippen molar-refractivity contribution in [2.75, 3.05) is 0 Å². The molecule has 0 fully saturated rings. The van der Waals surface area contributed by atoms with Crippen LogP contribution in [0.3, 0.4) is 0 Å². The number of hydrogen-bond acceptors (Lipinski definition) is 2. The molecule has 0 N–H and O–H groups in total. The molecule has 0 radical (unpaired) electrons. The number of halogens is 3. The molecule has 0 aliphatic rings. The SMILES string of the molecule is Cc1cccc(/C=C/CC(=O)Cc2ccc(CC(=O)C/C=C/c3cccc(C(F)(F)F)c3)cc2)c1. The first-order valence-electron chi connectivity index (χ1n) is 11.4. The van der Waals surface area contributed by atoms with Crippen LogP contribution in [-0.2, 0) is 28.6 Å². The van der Waals surface area contributed by atoms with Crippen LogP contribution in [0.15, 0.2) is 84.9 Å². The summed E-state index contributed by atoms with van der Waals surface area (Å²) in [6.45, 7) is 2.02. The molecule has 0 heterocycles. The quantitative estimate of drug-likeness (QED) is 0.305. The Labute approximate surface area is 203 Å². The van der Waals surface area contributed by atoms with Crippen molar-refractivity contribution in [1.29, 1.82) is 0 Å². The Hall–Kier alpha value is -3.73. The highest BCUT2D eigenvalue weighted by atomic mass is 19.4. The molecule has 0 amide bonds. The number of benzene rings is 3. The first-order valence-corrected chi connectivity index (χ1v) is 11.4. The summed E-state index contributed by atoms with van der Waals surface area (Å²) in [6.07, 6.45) is 3.56. The first kappa shape index (κ1) is 25.9. The highest BCUT2D eigenvalue weighted by Crippen LogP contribution is 2.29. The van der Waals surface area contributed by atoms with Crippen LogP contribution >= 0.6 is 0 Å². The maximum Gasteiger partial charge on any atom is 0.416 e. The molecule has 35 heavy (non-hydrogen) atoms. The molecule has 0 saturated heterocycles. The molecule has 0 unspecified atom stereocenters. The summed E-state index contributed by atoms with van der Waals surface area (Å²) in [5.41, 5.74) is 3.64. The number of Topliss-reactive ketones (excluding diaryl/α,β-unsaturated/α-hetero) is 2. The Morgan fingerprint density at radius 1 is 0.714 bits per heavy atom. The molecule has 0 bridgehead atoms. The van der Waals surface area contributed by atoms with E-state index in [1.165, 1.54) is 17.7 Å². The topological polar surface area (TPSA) is 34.1 Å². The van der Waals surface area contributed by atoms with Crippen LogP contribution in [0.2, 0.25) is 0 Å². The molecule has 0 aromatic heterocycles. The predicted molar refractivity (Wildman–Crippen MR) is 134 cm³/mol. The van der Waals surface area contributed by atoms with Gasteiger partial charge in [-0.3, -0.25) is 9.59 Å². The van der Waals surface area contributed by atoms with E-state index in [-0.39, 0.29) is 24.4 Å². The fourth-order valence-corrected chi connectivity index (χ4v) is 3.62. The summed E-state index contributed by atoms with van der Waals surface area (Å²) < 4.78 is 38.4. The Morgan fingerprint density at radius 3 is 1.69 bits per heavy atom. The second-order valence-corrected chi connectivity index (χ2v) is 8.50. The van der Waals surface area contributed by atoms with Crippen molar-refractivity contribution < 1.29 is 22.8 Å². The van der Waals surface area contributed by atoms with Gasteiger partial charge in [0.15, 0.2) is 0 Å². The van der Waals surface area contributed by atoms with Crippen molar-refractivity contribution in [2.24, 2.45) is 0 Å². The zero-order chi connectivity index (χ0) is 25.3. The second kappa shape index (κ2) is 12.1. The average molecular weight is 477 g/mol. The molecule has 3 aromatic rings. The minimum absolute atomic E-state index is 0.0432. The monoisotopic (exact) mass is 476 g/mol. The fourth-order valence-electron chi connectivity index (χ4n) is 3.62. The van der Waals surface area contributed by atoms with Gasteiger partial charge in [-0.2, -0.15) is 13.2 Å². The van der Waals surface area contributed by atoms with Crippen molar-refractivity contribution in [1.82, 2.24) is 0 Å². The second-order valence-electron chi connectivity index (χ2n) is 8.50. The molecule has 5 heteroatoms. The number of allylic oxidation sites excluding steroid dienone is 2. The van der Waals surface area contributed by atoms with Crippen molar-refractivity contribution >= 4 is 23.7 Å². The maximum atomic E-state index is 12.8. The Morgan fingerprint density at radius 2 is 1.20 bits per heavy atom. The molecule has 0 aliphatic carbocycles. The van der Waals surface area contributed by atoms with E-state index in [2.05, 4.69) is 6.07 Å². The summed E-state index contributed by atoms with van der Waals surface area (Å²) in [7, 11) is 0. The molecule has 3 aromatic carbocycles. The standard InChI is InChI=1S/C30H27F3O2/c1-22-6-2-7-23(18-22)9-4-12-28(34)20-25-14-16-26(17-15-25)21-29(35)13-5-10-24-8-3-11-27(19-24)30(31,32)33/h2-11,14-19H,12-13,20-21H2,1H3/b9-4+,10-5+. The zero-order valence-electron chi connectivity index (χ0n) is 19.5. The van der Waals surface area contributed by atoms with Crippen LogP contribution in [0.1, 0.15) is 46.2 Å². The van der Waals surface area contributed by atoms with Gasteiger partial charge >= 0.3 is 6.18 Å². The Kier molecular flexibility index (Phi) is 8.96. The van der Waals surface area contributed by atoms with E-state index in [0.29, 0.717) is 18.4 Å². The zero-order valence-corrected chi connectivity index (χ0v) is 19.5. The van der Waals surface area contributed by atoms with Crippen LogP contribution < -0.4 is 0 Å². The number of ketones is 2. The third-order valence-corrected chi connectivity index (χ3v) is 5.39. The number of alkyl halides is 3. The minimum Gasteiger partial charge on any atom is -0.299 e. The van der Waals surface area contributed by atoms with Gasteiger partial charge in [0.1, 0.15) is 11.6 Å². The van der Waals surface area contributed by atoms with Gasteiger partial charge < -0.3 is 0 Å². The third-order valence-electron chi connectivity index (χ3n) is 5.39. The molecule has 0 spiro atoms. The lowest BCUT2D eigenvalue weighted by atomic mass is 10.0. The van der Waals surface area contributed by atoms with Gasteiger partial charge in [0.2, 0.25) is 0 Å². The van der Waals surface area contributed by atoms with E-state index >= 15 is 0 Å². The minimum atomic E-state index is -4.39. The van der Waals surface area contributed by atoms with Gasteiger partial charge in [-0.05, 0) is 41.3 Å². The molecular weight excluding hydrogens is 449 g/mol. The van der Waals surface area contributed by atoms with Crippen LogP contribution in [-0.4, -0.2) is 11.6 Å². The maximum absolute atomic E-state index is 12.8. The van der Waals surface area contributed by atoms with E-state index in [1.807, 2.05) is 61.5 Å².